The highest BCUT2D eigenvalue weighted by molar-refractivity contribution is 5.88. The number of hydrogen-bond donors (Lipinski definition) is 1. The number of hydrogen-bond acceptors (Lipinski definition) is 3. The Hall–Kier alpha value is -1.65. The molecule has 1 aromatic rings. The Labute approximate surface area is 112 Å². The Bertz CT molecular complexity index is 528. The fourth-order valence-electron chi connectivity index (χ4n) is 2.74. The van der Waals surface area contributed by atoms with Crippen LogP contribution >= 0.6 is 0 Å². The van der Waals surface area contributed by atoms with Crippen molar-refractivity contribution in [1.29, 1.82) is 0 Å². The summed E-state index contributed by atoms with van der Waals surface area (Å²) in [5.41, 5.74) is -0.0665. The average molecular weight is 264 g/mol. The summed E-state index contributed by atoms with van der Waals surface area (Å²) in [5.74, 6) is -0.747. The molecule has 1 saturated carbocycles. The smallest absolute Gasteiger partial charge is 0.343 e. The first-order valence-electron chi connectivity index (χ1n) is 6.83. The Balaban J connectivity index is 2.48. The van der Waals surface area contributed by atoms with Gasteiger partial charge in [0.05, 0.1) is 12.0 Å². The van der Waals surface area contributed by atoms with Gasteiger partial charge in [-0.2, -0.15) is 0 Å². The molecule has 0 spiro atoms. The van der Waals surface area contributed by atoms with Gasteiger partial charge < -0.3 is 5.11 Å². The molecule has 0 atom stereocenters. The summed E-state index contributed by atoms with van der Waals surface area (Å²) in [6.07, 6.45) is 5.53. The van der Waals surface area contributed by atoms with Crippen molar-refractivity contribution in [2.75, 3.05) is 0 Å². The number of aromatic nitrogens is 2. The molecule has 2 rings (SSSR count). The van der Waals surface area contributed by atoms with Crippen LogP contribution in [0.15, 0.2) is 11.1 Å². The van der Waals surface area contributed by atoms with E-state index >= 15 is 0 Å². The van der Waals surface area contributed by atoms with Gasteiger partial charge in [-0.3, -0.25) is 9.36 Å². The molecule has 5 nitrogen and oxygen atoms in total. The van der Waals surface area contributed by atoms with Crippen molar-refractivity contribution in [2.24, 2.45) is 5.92 Å². The van der Waals surface area contributed by atoms with Crippen LogP contribution in [-0.2, 0) is 6.54 Å². The minimum Gasteiger partial charge on any atom is -0.477 e. The molecule has 104 valence electrons. The van der Waals surface area contributed by atoms with Crippen LogP contribution in [0.5, 0.6) is 0 Å². The van der Waals surface area contributed by atoms with Crippen LogP contribution in [-0.4, -0.2) is 20.6 Å². The van der Waals surface area contributed by atoms with Crippen LogP contribution in [0.25, 0.3) is 0 Å². The minimum absolute atomic E-state index is 0.130. The molecule has 0 radical (unpaired) electrons. The standard InChI is InChI=1S/C14H20N2O3/c1-9(2)7-16-8-15-12(10-5-3-4-6-10)11(13(16)17)14(18)19/h8-10H,3-7H2,1-2H3,(H,18,19). The summed E-state index contributed by atoms with van der Waals surface area (Å²) in [4.78, 5) is 27.9. The van der Waals surface area contributed by atoms with Crippen LogP contribution in [0.3, 0.4) is 0 Å². The van der Waals surface area contributed by atoms with Crippen LogP contribution < -0.4 is 5.56 Å². The second kappa shape index (κ2) is 5.55. The van der Waals surface area contributed by atoms with E-state index < -0.39 is 11.5 Å². The maximum absolute atomic E-state index is 12.3. The fraction of sp³-hybridized carbons (Fsp3) is 0.643. The predicted molar refractivity (Wildman–Crippen MR) is 71.5 cm³/mol. The average Bonchev–Trinajstić information content (AvgIpc) is 2.83. The van der Waals surface area contributed by atoms with Gasteiger partial charge in [-0.25, -0.2) is 9.78 Å². The highest BCUT2D eigenvalue weighted by Gasteiger charge is 2.27. The zero-order chi connectivity index (χ0) is 14.0. The zero-order valence-electron chi connectivity index (χ0n) is 11.4. The van der Waals surface area contributed by atoms with Crippen LogP contribution in [0.4, 0.5) is 0 Å². The lowest BCUT2D eigenvalue weighted by molar-refractivity contribution is 0.0691. The number of carboxylic acid groups (broad SMARTS) is 1. The van der Waals surface area contributed by atoms with Crippen molar-refractivity contribution < 1.29 is 9.90 Å². The Morgan fingerprint density at radius 3 is 2.63 bits per heavy atom. The van der Waals surface area contributed by atoms with Gasteiger partial charge in [0, 0.05) is 12.5 Å². The Morgan fingerprint density at radius 1 is 1.47 bits per heavy atom. The van der Waals surface area contributed by atoms with Crippen molar-refractivity contribution in [3.05, 3.63) is 27.9 Å². The predicted octanol–water partition coefficient (Wildman–Crippen LogP) is 2.26. The highest BCUT2D eigenvalue weighted by atomic mass is 16.4. The quantitative estimate of drug-likeness (QED) is 0.905. The number of nitrogens with zero attached hydrogens (tertiary/aromatic N) is 2. The lowest BCUT2D eigenvalue weighted by Crippen LogP contribution is -2.31. The van der Waals surface area contributed by atoms with Crippen LogP contribution in [0.1, 0.15) is 61.5 Å². The van der Waals surface area contributed by atoms with Crippen LogP contribution in [0.2, 0.25) is 0 Å². The summed E-state index contributed by atoms with van der Waals surface area (Å²) in [6, 6.07) is 0. The molecule has 1 aromatic heterocycles. The van der Waals surface area contributed by atoms with Crippen molar-refractivity contribution in [1.82, 2.24) is 9.55 Å². The highest BCUT2D eigenvalue weighted by Crippen LogP contribution is 2.33. The normalized spacial score (nSPS) is 16.2. The Morgan fingerprint density at radius 2 is 2.11 bits per heavy atom. The molecule has 1 aliphatic rings. The molecule has 1 fully saturated rings. The van der Waals surface area contributed by atoms with Crippen LogP contribution in [0, 0.1) is 5.92 Å². The topological polar surface area (TPSA) is 72.2 Å². The van der Waals surface area contributed by atoms with Gasteiger partial charge in [-0.1, -0.05) is 26.7 Å². The molecule has 0 bridgehead atoms. The maximum atomic E-state index is 12.3. The number of carbonyl (C=O) groups is 1. The third-order valence-corrected chi connectivity index (χ3v) is 3.58. The lowest BCUT2D eigenvalue weighted by Gasteiger charge is -2.14. The van der Waals surface area contributed by atoms with E-state index in [4.69, 9.17) is 0 Å². The van der Waals surface area contributed by atoms with E-state index in [1.54, 1.807) is 0 Å². The summed E-state index contributed by atoms with van der Waals surface area (Å²) in [5, 5.41) is 9.31. The molecule has 1 N–H and O–H groups in total. The largest absolute Gasteiger partial charge is 0.477 e. The van der Waals surface area contributed by atoms with E-state index in [0.29, 0.717) is 12.2 Å². The molecule has 1 aliphatic carbocycles. The van der Waals surface area contributed by atoms with Crippen molar-refractivity contribution in [3.63, 3.8) is 0 Å². The first-order chi connectivity index (χ1) is 9.00. The first kappa shape index (κ1) is 13.8. The summed E-state index contributed by atoms with van der Waals surface area (Å²) in [7, 11) is 0. The summed E-state index contributed by atoms with van der Waals surface area (Å²) < 4.78 is 1.41. The fourth-order valence-corrected chi connectivity index (χ4v) is 2.74. The zero-order valence-corrected chi connectivity index (χ0v) is 11.4. The third-order valence-electron chi connectivity index (χ3n) is 3.58. The maximum Gasteiger partial charge on any atom is 0.343 e. The van der Waals surface area contributed by atoms with E-state index in [-0.39, 0.29) is 17.4 Å². The van der Waals surface area contributed by atoms with Crippen molar-refractivity contribution >= 4 is 5.97 Å². The SMILES string of the molecule is CC(C)Cn1cnc(C2CCCC2)c(C(=O)O)c1=O. The summed E-state index contributed by atoms with van der Waals surface area (Å²) in [6.45, 7) is 4.46. The van der Waals surface area contributed by atoms with Gasteiger partial charge in [0.2, 0.25) is 0 Å². The minimum atomic E-state index is -1.16. The second-order valence-electron chi connectivity index (χ2n) is 5.64. The van der Waals surface area contributed by atoms with Crippen molar-refractivity contribution in [3.8, 4) is 0 Å². The monoisotopic (exact) mass is 264 g/mol. The third kappa shape index (κ3) is 2.85. The van der Waals surface area contributed by atoms with E-state index in [9.17, 15) is 14.7 Å². The van der Waals surface area contributed by atoms with E-state index in [1.807, 2.05) is 13.8 Å². The van der Waals surface area contributed by atoms with Gasteiger partial charge in [-0.15, -0.1) is 0 Å². The molecule has 0 unspecified atom stereocenters. The van der Waals surface area contributed by atoms with Gasteiger partial charge in [0.25, 0.3) is 5.56 Å². The van der Waals surface area contributed by atoms with Crippen molar-refractivity contribution in [2.45, 2.75) is 52.0 Å². The molecule has 0 aromatic carbocycles. The Kier molecular flexibility index (Phi) is 4.02. The molecule has 5 heteroatoms. The molecule has 0 saturated heterocycles. The van der Waals surface area contributed by atoms with E-state index in [1.165, 1.54) is 10.9 Å². The number of aromatic carboxylic acids is 1. The first-order valence-corrected chi connectivity index (χ1v) is 6.83. The lowest BCUT2D eigenvalue weighted by atomic mass is 9.99. The van der Waals surface area contributed by atoms with E-state index in [0.717, 1.165) is 25.7 Å². The molecule has 19 heavy (non-hydrogen) atoms. The van der Waals surface area contributed by atoms with Gasteiger partial charge in [-0.05, 0) is 18.8 Å². The van der Waals surface area contributed by atoms with Gasteiger partial charge in [0.1, 0.15) is 5.56 Å². The number of carboxylic acids is 1. The molecular formula is C14H20N2O3. The summed E-state index contributed by atoms with van der Waals surface area (Å²) >= 11 is 0. The molecule has 0 aliphatic heterocycles. The molecule has 1 heterocycles. The van der Waals surface area contributed by atoms with Gasteiger partial charge >= 0.3 is 5.97 Å². The van der Waals surface area contributed by atoms with Gasteiger partial charge in [0.15, 0.2) is 0 Å². The molecule has 0 amide bonds. The number of rotatable bonds is 4. The second-order valence-corrected chi connectivity index (χ2v) is 5.64. The van der Waals surface area contributed by atoms with E-state index in [2.05, 4.69) is 4.98 Å². The molecular weight excluding hydrogens is 244 g/mol.